The third kappa shape index (κ3) is 4.09. The Morgan fingerprint density at radius 2 is 1.85 bits per heavy atom. The second kappa shape index (κ2) is 8.00. The van der Waals surface area contributed by atoms with Crippen molar-refractivity contribution in [1.82, 2.24) is 24.6 Å². The lowest BCUT2D eigenvalue weighted by Gasteiger charge is -2.50. The van der Waals surface area contributed by atoms with Crippen molar-refractivity contribution in [2.45, 2.75) is 18.6 Å². The molecule has 33 heavy (non-hydrogen) atoms. The summed E-state index contributed by atoms with van der Waals surface area (Å²) in [6.07, 6.45) is -1.91. The van der Waals surface area contributed by atoms with Crippen LogP contribution in [0.25, 0.3) is 10.9 Å². The molecule has 2 aliphatic rings. The van der Waals surface area contributed by atoms with Gasteiger partial charge in [0, 0.05) is 44.8 Å². The number of rotatable bonds is 4. The number of nitrogens with one attached hydrogen (secondary N) is 1. The van der Waals surface area contributed by atoms with Crippen molar-refractivity contribution < 1.29 is 17.9 Å². The van der Waals surface area contributed by atoms with Gasteiger partial charge >= 0.3 is 6.18 Å². The molecule has 1 aromatic carbocycles. The van der Waals surface area contributed by atoms with Crippen molar-refractivity contribution in [1.29, 1.82) is 0 Å². The van der Waals surface area contributed by atoms with Crippen molar-refractivity contribution in [2.24, 2.45) is 7.05 Å². The lowest BCUT2D eigenvalue weighted by Crippen LogP contribution is -2.64. The van der Waals surface area contributed by atoms with Gasteiger partial charge in [-0.2, -0.15) is 18.3 Å². The van der Waals surface area contributed by atoms with Crippen LogP contribution < -0.4 is 10.2 Å². The van der Waals surface area contributed by atoms with Crippen molar-refractivity contribution >= 4 is 39.8 Å². The van der Waals surface area contributed by atoms with E-state index in [1.165, 1.54) is 7.05 Å². The van der Waals surface area contributed by atoms with Crippen molar-refractivity contribution in [3.8, 4) is 0 Å². The Balaban J connectivity index is 1.39. The van der Waals surface area contributed by atoms with Crippen LogP contribution in [0.15, 0.2) is 24.5 Å². The molecule has 1 N–H and O–H groups in total. The minimum atomic E-state index is -4.56. The minimum Gasteiger partial charge on any atom is -0.377 e. The van der Waals surface area contributed by atoms with Crippen LogP contribution in [0.5, 0.6) is 0 Å². The Labute approximate surface area is 193 Å². The molecule has 0 amide bonds. The second-order valence-electron chi connectivity index (χ2n) is 8.67. The first-order chi connectivity index (χ1) is 15.6. The molecule has 3 aromatic rings. The van der Waals surface area contributed by atoms with Gasteiger partial charge in [0.15, 0.2) is 5.69 Å². The normalized spacial score (nSPS) is 19.0. The summed E-state index contributed by atoms with van der Waals surface area (Å²) in [5, 5.41) is 7.65. The first kappa shape index (κ1) is 22.2. The predicted octanol–water partition coefficient (Wildman–Crippen LogP) is 3.69. The van der Waals surface area contributed by atoms with Crippen molar-refractivity contribution in [3.05, 3.63) is 35.2 Å². The summed E-state index contributed by atoms with van der Waals surface area (Å²) in [5.41, 5.74) is 0.441. The molecule has 12 heteroatoms. The Morgan fingerprint density at radius 3 is 2.48 bits per heavy atom. The summed E-state index contributed by atoms with van der Waals surface area (Å²) < 4.78 is 46.2. The molecule has 2 fully saturated rings. The number of nitrogens with zero attached hydrogens (tertiary/aromatic N) is 6. The molecule has 4 heterocycles. The van der Waals surface area contributed by atoms with E-state index in [1.807, 2.05) is 6.07 Å². The van der Waals surface area contributed by atoms with Gasteiger partial charge < -0.3 is 15.0 Å². The highest BCUT2D eigenvalue weighted by molar-refractivity contribution is 6.34. The molecule has 8 nitrogen and oxygen atoms in total. The van der Waals surface area contributed by atoms with Gasteiger partial charge in [-0.05, 0) is 19.1 Å². The molecule has 0 saturated carbocycles. The zero-order valence-electron chi connectivity index (χ0n) is 18.2. The number of benzene rings is 1. The van der Waals surface area contributed by atoms with E-state index in [2.05, 4.69) is 37.1 Å². The van der Waals surface area contributed by atoms with Gasteiger partial charge in [0.1, 0.15) is 0 Å². The molecule has 2 aromatic heterocycles. The number of aromatic nitrogens is 4. The predicted molar refractivity (Wildman–Crippen MR) is 119 cm³/mol. The number of piperazine rings is 1. The lowest BCUT2D eigenvalue weighted by molar-refractivity contribution is -0.143. The number of halogens is 4. The topological polar surface area (TPSA) is 71.3 Å². The first-order valence-corrected chi connectivity index (χ1v) is 10.9. The fourth-order valence-corrected chi connectivity index (χ4v) is 4.69. The van der Waals surface area contributed by atoms with Crippen LogP contribution in [0.1, 0.15) is 12.6 Å². The van der Waals surface area contributed by atoms with Gasteiger partial charge in [-0.3, -0.25) is 9.58 Å². The highest BCUT2D eigenvalue weighted by Gasteiger charge is 2.41. The molecule has 2 aliphatic heterocycles. The number of ether oxygens (including phenoxy) is 1. The molecule has 0 bridgehead atoms. The maximum absolute atomic E-state index is 13.4. The Hall–Kier alpha value is -2.63. The van der Waals surface area contributed by atoms with Gasteiger partial charge in [0.25, 0.3) is 0 Å². The van der Waals surface area contributed by atoms with E-state index in [0.717, 1.165) is 56.0 Å². The number of alkyl halides is 3. The molecular weight excluding hydrogens is 459 g/mol. The van der Waals surface area contributed by atoms with E-state index < -0.39 is 11.9 Å². The molecule has 5 rings (SSSR count). The van der Waals surface area contributed by atoms with Crippen LogP contribution in [0.2, 0.25) is 5.02 Å². The fraction of sp³-hybridized carbons (Fsp3) is 0.476. The van der Waals surface area contributed by atoms with Gasteiger partial charge in [-0.15, -0.1) is 0 Å². The summed E-state index contributed by atoms with van der Waals surface area (Å²) in [6.45, 7) is 7.13. The first-order valence-electron chi connectivity index (χ1n) is 10.5. The van der Waals surface area contributed by atoms with Crippen LogP contribution in [0.3, 0.4) is 0 Å². The largest absolute Gasteiger partial charge is 0.435 e. The van der Waals surface area contributed by atoms with Gasteiger partial charge in [-0.25, -0.2) is 9.97 Å². The number of anilines is 3. The summed E-state index contributed by atoms with van der Waals surface area (Å²) in [7, 11) is 1.24. The van der Waals surface area contributed by atoms with Gasteiger partial charge in [0.2, 0.25) is 5.95 Å². The van der Waals surface area contributed by atoms with Crippen LogP contribution in [0.4, 0.5) is 30.5 Å². The zero-order chi connectivity index (χ0) is 23.4. The molecule has 0 unspecified atom stereocenters. The summed E-state index contributed by atoms with van der Waals surface area (Å²) in [4.78, 5) is 13.2. The molecule has 176 valence electrons. The van der Waals surface area contributed by atoms with Crippen LogP contribution in [0, 0.1) is 0 Å². The van der Waals surface area contributed by atoms with E-state index in [1.54, 1.807) is 12.3 Å². The standard InChI is InChI=1S/C21H23ClF3N7O/c1-20(11-33-12-20)32-5-3-31(4-6-32)17-8-15-13(7-14(17)22)9-26-19(28-15)29-16-10-27-30(2)18(16)21(23,24)25/h7-10H,3-6,11-12H2,1-2H3,(H,26,28,29). The second-order valence-corrected chi connectivity index (χ2v) is 9.08. The average Bonchev–Trinajstić information content (AvgIpc) is 3.12. The van der Waals surface area contributed by atoms with E-state index >= 15 is 0 Å². The molecular formula is C21H23ClF3N7O. The number of hydrogen-bond donors (Lipinski definition) is 1. The SMILES string of the molecule is Cn1ncc(Nc2ncc3cc(Cl)c(N4CCN(C5(C)COC5)CC4)cc3n2)c1C(F)(F)F. The molecule has 0 atom stereocenters. The smallest absolute Gasteiger partial charge is 0.377 e. The average molecular weight is 482 g/mol. The number of fused-ring (bicyclic) bond motifs is 1. The monoisotopic (exact) mass is 481 g/mol. The summed E-state index contributed by atoms with van der Waals surface area (Å²) in [5.74, 6) is 0.0528. The maximum atomic E-state index is 13.4. The van der Waals surface area contributed by atoms with E-state index in [-0.39, 0.29) is 17.2 Å². The summed E-state index contributed by atoms with van der Waals surface area (Å²) in [6, 6.07) is 3.65. The Kier molecular flexibility index (Phi) is 5.37. The summed E-state index contributed by atoms with van der Waals surface area (Å²) >= 11 is 6.56. The Morgan fingerprint density at radius 1 is 1.12 bits per heavy atom. The number of hydrogen-bond acceptors (Lipinski definition) is 7. The third-order valence-electron chi connectivity index (χ3n) is 6.31. The highest BCUT2D eigenvalue weighted by atomic mass is 35.5. The van der Waals surface area contributed by atoms with E-state index in [9.17, 15) is 13.2 Å². The van der Waals surface area contributed by atoms with Crippen LogP contribution >= 0.6 is 11.6 Å². The molecule has 0 radical (unpaired) electrons. The quantitative estimate of drug-likeness (QED) is 0.609. The van der Waals surface area contributed by atoms with E-state index in [4.69, 9.17) is 16.3 Å². The van der Waals surface area contributed by atoms with E-state index in [0.29, 0.717) is 15.9 Å². The highest BCUT2D eigenvalue weighted by Crippen LogP contribution is 2.36. The van der Waals surface area contributed by atoms with Crippen molar-refractivity contribution in [2.75, 3.05) is 49.6 Å². The Bertz CT molecular complexity index is 1190. The van der Waals surface area contributed by atoms with Crippen LogP contribution in [-0.2, 0) is 18.0 Å². The van der Waals surface area contributed by atoms with Crippen LogP contribution in [-0.4, -0.2) is 69.6 Å². The maximum Gasteiger partial charge on any atom is 0.435 e. The van der Waals surface area contributed by atoms with Gasteiger partial charge in [0.05, 0.1) is 46.9 Å². The lowest BCUT2D eigenvalue weighted by atomic mass is 9.97. The minimum absolute atomic E-state index is 0.0528. The fourth-order valence-electron chi connectivity index (χ4n) is 4.40. The number of aryl methyl sites for hydroxylation is 1. The zero-order valence-corrected chi connectivity index (χ0v) is 18.9. The molecule has 0 spiro atoms. The van der Waals surface area contributed by atoms with Crippen molar-refractivity contribution in [3.63, 3.8) is 0 Å². The molecule has 0 aliphatic carbocycles. The third-order valence-corrected chi connectivity index (χ3v) is 6.61. The molecule has 2 saturated heterocycles. The van der Waals surface area contributed by atoms with Gasteiger partial charge in [-0.1, -0.05) is 11.6 Å².